The number of nitrogens with one attached hydrogen (secondary N) is 1. The van der Waals surface area contributed by atoms with Gasteiger partial charge in [-0.05, 0) is 69.0 Å². The molecule has 0 spiro atoms. The standard InChI is InChI=1S/C19H30N2O2/c1-14(2)10-17(12-21(3)4)20-19(22)13-23-18-9-8-15-6-5-7-16(15)11-18/h8-9,11,14,17H,5-7,10,12-13H2,1-4H3,(H,20,22). The molecular formula is C19H30N2O2. The second kappa shape index (κ2) is 8.34. The maximum Gasteiger partial charge on any atom is 0.258 e. The highest BCUT2D eigenvalue weighted by Gasteiger charge is 2.16. The molecule has 4 heteroatoms. The predicted molar refractivity (Wildman–Crippen MR) is 93.9 cm³/mol. The zero-order valence-corrected chi connectivity index (χ0v) is 14.9. The van der Waals surface area contributed by atoms with E-state index in [1.54, 1.807) is 0 Å². The fourth-order valence-electron chi connectivity index (χ4n) is 3.25. The molecule has 128 valence electrons. The van der Waals surface area contributed by atoms with Gasteiger partial charge in [-0.3, -0.25) is 4.79 Å². The Morgan fingerprint density at radius 3 is 2.70 bits per heavy atom. The van der Waals surface area contributed by atoms with Gasteiger partial charge in [0, 0.05) is 12.6 Å². The zero-order chi connectivity index (χ0) is 16.8. The number of nitrogens with zero attached hydrogens (tertiary/aromatic N) is 1. The number of carbonyl (C=O) groups excluding carboxylic acids is 1. The number of benzene rings is 1. The van der Waals surface area contributed by atoms with Crippen LogP contribution in [0.5, 0.6) is 5.75 Å². The lowest BCUT2D eigenvalue weighted by Crippen LogP contribution is -2.44. The first-order valence-corrected chi connectivity index (χ1v) is 8.62. The number of likely N-dealkylation sites (N-methyl/N-ethyl adjacent to an activating group) is 1. The number of hydrogen-bond donors (Lipinski definition) is 1. The van der Waals surface area contributed by atoms with Gasteiger partial charge >= 0.3 is 0 Å². The minimum atomic E-state index is -0.0435. The Kier molecular flexibility index (Phi) is 6.46. The van der Waals surface area contributed by atoms with E-state index in [0.29, 0.717) is 5.92 Å². The SMILES string of the molecule is CC(C)CC(CN(C)C)NC(=O)COc1ccc2c(c1)CCC2. The molecule has 23 heavy (non-hydrogen) atoms. The number of ether oxygens (including phenoxy) is 1. The largest absolute Gasteiger partial charge is 0.484 e. The molecule has 0 bridgehead atoms. The van der Waals surface area contributed by atoms with Crippen LogP contribution in [0.4, 0.5) is 0 Å². The topological polar surface area (TPSA) is 41.6 Å². The molecule has 1 aliphatic rings. The summed E-state index contributed by atoms with van der Waals surface area (Å²) < 4.78 is 5.68. The Balaban J connectivity index is 1.83. The number of aryl methyl sites for hydroxylation is 2. The highest BCUT2D eigenvalue weighted by atomic mass is 16.5. The first-order chi connectivity index (χ1) is 10.9. The number of amides is 1. The second-order valence-corrected chi connectivity index (χ2v) is 7.23. The number of fused-ring (bicyclic) bond motifs is 1. The third-order valence-electron chi connectivity index (χ3n) is 4.15. The van der Waals surface area contributed by atoms with Gasteiger partial charge in [0.15, 0.2) is 6.61 Å². The van der Waals surface area contributed by atoms with Gasteiger partial charge in [-0.2, -0.15) is 0 Å². The van der Waals surface area contributed by atoms with E-state index in [0.717, 1.165) is 31.6 Å². The molecule has 0 aliphatic heterocycles. The van der Waals surface area contributed by atoms with E-state index in [9.17, 15) is 4.79 Å². The normalized spacial score (nSPS) is 14.9. The van der Waals surface area contributed by atoms with Gasteiger partial charge in [0.25, 0.3) is 5.91 Å². The number of carbonyl (C=O) groups is 1. The van der Waals surface area contributed by atoms with Crippen LogP contribution >= 0.6 is 0 Å². The van der Waals surface area contributed by atoms with E-state index >= 15 is 0 Å². The van der Waals surface area contributed by atoms with Crippen LogP contribution in [0.1, 0.15) is 37.8 Å². The first-order valence-electron chi connectivity index (χ1n) is 8.62. The molecule has 4 nitrogen and oxygen atoms in total. The van der Waals surface area contributed by atoms with Crippen LogP contribution in [0.2, 0.25) is 0 Å². The minimum absolute atomic E-state index is 0.0435. The van der Waals surface area contributed by atoms with Crippen molar-refractivity contribution in [3.05, 3.63) is 29.3 Å². The average Bonchev–Trinajstić information content (AvgIpc) is 2.91. The van der Waals surface area contributed by atoms with Crippen LogP contribution in [0.3, 0.4) is 0 Å². The highest BCUT2D eigenvalue weighted by molar-refractivity contribution is 5.77. The summed E-state index contributed by atoms with van der Waals surface area (Å²) in [5.41, 5.74) is 2.79. The van der Waals surface area contributed by atoms with E-state index in [-0.39, 0.29) is 18.6 Å². The zero-order valence-electron chi connectivity index (χ0n) is 14.9. The summed E-state index contributed by atoms with van der Waals surface area (Å²) in [6.07, 6.45) is 4.49. The lowest BCUT2D eigenvalue weighted by Gasteiger charge is -2.24. The first kappa shape index (κ1) is 17.8. The smallest absolute Gasteiger partial charge is 0.258 e. The summed E-state index contributed by atoms with van der Waals surface area (Å²) in [4.78, 5) is 14.3. The molecule has 0 heterocycles. The summed E-state index contributed by atoms with van der Waals surface area (Å²) in [5, 5.41) is 3.10. The van der Waals surface area contributed by atoms with Crippen molar-refractivity contribution in [3.8, 4) is 5.75 Å². The Labute approximate surface area is 140 Å². The molecule has 2 rings (SSSR count). The van der Waals surface area contributed by atoms with Crippen molar-refractivity contribution >= 4 is 5.91 Å². The molecule has 0 fully saturated rings. The molecule has 1 aliphatic carbocycles. The van der Waals surface area contributed by atoms with Crippen LogP contribution in [-0.4, -0.2) is 44.1 Å². The van der Waals surface area contributed by atoms with Gasteiger partial charge < -0.3 is 15.0 Å². The van der Waals surface area contributed by atoms with Crippen molar-refractivity contribution in [2.75, 3.05) is 27.2 Å². The Morgan fingerprint density at radius 2 is 2.00 bits per heavy atom. The molecule has 1 amide bonds. The van der Waals surface area contributed by atoms with Gasteiger partial charge in [-0.15, -0.1) is 0 Å². The van der Waals surface area contributed by atoms with Crippen molar-refractivity contribution in [1.82, 2.24) is 10.2 Å². The van der Waals surface area contributed by atoms with Crippen LogP contribution in [-0.2, 0) is 17.6 Å². The summed E-state index contributed by atoms with van der Waals surface area (Å²) in [5.74, 6) is 1.31. The molecule has 1 aromatic carbocycles. The van der Waals surface area contributed by atoms with Crippen LogP contribution in [0.15, 0.2) is 18.2 Å². The van der Waals surface area contributed by atoms with Crippen molar-refractivity contribution in [1.29, 1.82) is 0 Å². The van der Waals surface area contributed by atoms with Crippen molar-refractivity contribution in [2.45, 2.75) is 45.6 Å². The molecule has 0 saturated heterocycles. The van der Waals surface area contributed by atoms with Crippen LogP contribution in [0.25, 0.3) is 0 Å². The van der Waals surface area contributed by atoms with E-state index in [1.165, 1.54) is 17.5 Å². The van der Waals surface area contributed by atoms with Gasteiger partial charge in [0.2, 0.25) is 0 Å². The minimum Gasteiger partial charge on any atom is -0.484 e. The molecular weight excluding hydrogens is 288 g/mol. The summed E-state index contributed by atoms with van der Waals surface area (Å²) in [6, 6.07) is 6.36. The molecule has 0 saturated carbocycles. The maximum atomic E-state index is 12.2. The van der Waals surface area contributed by atoms with Gasteiger partial charge in [-0.25, -0.2) is 0 Å². The van der Waals surface area contributed by atoms with Gasteiger partial charge in [0.05, 0.1) is 0 Å². The second-order valence-electron chi connectivity index (χ2n) is 7.23. The Morgan fingerprint density at radius 1 is 1.26 bits per heavy atom. The van der Waals surface area contributed by atoms with Crippen molar-refractivity contribution in [2.24, 2.45) is 5.92 Å². The quantitative estimate of drug-likeness (QED) is 0.801. The lowest BCUT2D eigenvalue weighted by atomic mass is 10.0. The molecule has 0 radical (unpaired) electrons. The highest BCUT2D eigenvalue weighted by Crippen LogP contribution is 2.25. The predicted octanol–water partition coefficient (Wildman–Crippen LogP) is 2.65. The van der Waals surface area contributed by atoms with E-state index in [1.807, 2.05) is 20.2 Å². The Bertz CT molecular complexity index is 516. The molecule has 0 aromatic heterocycles. The van der Waals surface area contributed by atoms with Gasteiger partial charge in [-0.1, -0.05) is 19.9 Å². The summed E-state index contributed by atoms with van der Waals surface area (Å²) in [6.45, 7) is 5.29. The third-order valence-corrected chi connectivity index (χ3v) is 4.15. The van der Waals surface area contributed by atoms with Crippen molar-refractivity contribution < 1.29 is 9.53 Å². The summed E-state index contributed by atoms with van der Waals surface area (Å²) >= 11 is 0. The van der Waals surface area contributed by atoms with E-state index < -0.39 is 0 Å². The molecule has 1 atom stereocenters. The number of rotatable bonds is 8. The van der Waals surface area contributed by atoms with E-state index in [4.69, 9.17) is 4.74 Å². The van der Waals surface area contributed by atoms with E-state index in [2.05, 4.69) is 36.2 Å². The Hall–Kier alpha value is -1.55. The monoisotopic (exact) mass is 318 g/mol. The van der Waals surface area contributed by atoms with Gasteiger partial charge in [0.1, 0.15) is 5.75 Å². The molecule has 1 unspecified atom stereocenters. The summed E-state index contributed by atoms with van der Waals surface area (Å²) in [7, 11) is 4.06. The van der Waals surface area contributed by atoms with Crippen LogP contribution in [0, 0.1) is 5.92 Å². The molecule has 1 aromatic rings. The molecule has 1 N–H and O–H groups in total. The van der Waals surface area contributed by atoms with Crippen molar-refractivity contribution in [3.63, 3.8) is 0 Å². The average molecular weight is 318 g/mol. The fraction of sp³-hybridized carbons (Fsp3) is 0.632. The number of hydrogen-bond acceptors (Lipinski definition) is 3. The fourth-order valence-corrected chi connectivity index (χ4v) is 3.25. The third kappa shape index (κ3) is 5.87. The lowest BCUT2D eigenvalue weighted by molar-refractivity contribution is -0.124. The maximum absolute atomic E-state index is 12.2. The van der Waals surface area contributed by atoms with Crippen LogP contribution < -0.4 is 10.1 Å².